The van der Waals surface area contributed by atoms with Gasteiger partial charge in [0.05, 0.1) is 27.5 Å². The molecule has 2 aromatic rings. The highest BCUT2D eigenvalue weighted by Crippen LogP contribution is 2.30. The predicted molar refractivity (Wildman–Crippen MR) is 90.1 cm³/mol. The summed E-state index contributed by atoms with van der Waals surface area (Å²) < 4.78 is 2.66. The maximum absolute atomic E-state index is 10.4. The average molecular weight is 392 g/mol. The summed E-state index contributed by atoms with van der Waals surface area (Å²) >= 11 is 15.8. The molecule has 1 unspecified atom stereocenters. The standard InChI is InChI=1S/C15H17BrCl2N2O/c1-3-12-15(18)13(20(4-2)19-12)8-14(21)9-5-6-10(16)11(17)7-9/h5-7,14,21H,3-4,8H2,1-2H3. The summed E-state index contributed by atoms with van der Waals surface area (Å²) in [6.45, 7) is 4.75. The van der Waals surface area contributed by atoms with Gasteiger partial charge in [0, 0.05) is 17.4 Å². The van der Waals surface area contributed by atoms with E-state index in [-0.39, 0.29) is 0 Å². The molecule has 0 spiro atoms. The zero-order valence-corrected chi connectivity index (χ0v) is 15.0. The first-order valence-electron chi connectivity index (χ1n) is 6.84. The maximum atomic E-state index is 10.4. The minimum absolute atomic E-state index is 0.414. The number of aromatic nitrogens is 2. The van der Waals surface area contributed by atoms with Gasteiger partial charge in [0.1, 0.15) is 0 Å². The summed E-state index contributed by atoms with van der Waals surface area (Å²) in [6, 6.07) is 5.44. The predicted octanol–water partition coefficient (Wildman–Crippen LogP) is 4.81. The van der Waals surface area contributed by atoms with Crippen LogP contribution in [0.4, 0.5) is 0 Å². The molecule has 1 aromatic heterocycles. The fourth-order valence-electron chi connectivity index (χ4n) is 2.23. The number of hydrogen-bond donors (Lipinski definition) is 1. The zero-order valence-electron chi connectivity index (χ0n) is 11.9. The Hall–Kier alpha value is -0.550. The van der Waals surface area contributed by atoms with Crippen molar-refractivity contribution in [2.75, 3.05) is 0 Å². The van der Waals surface area contributed by atoms with E-state index >= 15 is 0 Å². The Kier molecular flexibility index (Phi) is 5.72. The molecule has 1 atom stereocenters. The van der Waals surface area contributed by atoms with Gasteiger partial charge in [-0.1, -0.05) is 36.2 Å². The van der Waals surface area contributed by atoms with Crippen LogP contribution in [-0.4, -0.2) is 14.9 Å². The molecule has 0 aliphatic rings. The second-order valence-corrected chi connectivity index (χ2v) is 6.41. The minimum Gasteiger partial charge on any atom is -0.388 e. The van der Waals surface area contributed by atoms with Gasteiger partial charge in [-0.2, -0.15) is 5.10 Å². The molecule has 0 bridgehead atoms. The molecule has 0 amide bonds. The molecule has 0 radical (unpaired) electrons. The van der Waals surface area contributed by atoms with Gasteiger partial charge < -0.3 is 5.11 Å². The van der Waals surface area contributed by atoms with Crippen LogP contribution in [0, 0.1) is 0 Å². The summed E-state index contributed by atoms with van der Waals surface area (Å²) in [7, 11) is 0. The lowest BCUT2D eigenvalue weighted by Gasteiger charge is -2.13. The molecule has 114 valence electrons. The molecule has 3 nitrogen and oxygen atoms in total. The highest BCUT2D eigenvalue weighted by atomic mass is 79.9. The van der Waals surface area contributed by atoms with Gasteiger partial charge in [0.25, 0.3) is 0 Å². The maximum Gasteiger partial charge on any atom is 0.0851 e. The summed E-state index contributed by atoms with van der Waals surface area (Å²) in [5.41, 5.74) is 2.50. The molecule has 0 saturated heterocycles. The molecule has 0 aliphatic heterocycles. The third-order valence-corrected chi connectivity index (χ3v) is 5.08. The first kappa shape index (κ1) is 16.8. The normalized spacial score (nSPS) is 12.7. The average Bonchev–Trinajstić information content (AvgIpc) is 2.78. The van der Waals surface area contributed by atoms with Crippen LogP contribution in [0.2, 0.25) is 10.0 Å². The summed E-state index contributed by atoms with van der Waals surface area (Å²) in [5, 5.41) is 16.1. The van der Waals surface area contributed by atoms with Crippen LogP contribution in [-0.2, 0) is 19.4 Å². The SMILES string of the molecule is CCc1nn(CC)c(CC(O)c2ccc(Br)c(Cl)c2)c1Cl. The van der Waals surface area contributed by atoms with Gasteiger partial charge in [-0.3, -0.25) is 4.68 Å². The molecule has 1 N–H and O–H groups in total. The van der Waals surface area contributed by atoms with E-state index in [0.717, 1.165) is 34.4 Å². The number of nitrogens with zero attached hydrogens (tertiary/aromatic N) is 2. The van der Waals surface area contributed by atoms with Crippen LogP contribution in [0.3, 0.4) is 0 Å². The lowest BCUT2D eigenvalue weighted by molar-refractivity contribution is 0.175. The number of benzene rings is 1. The van der Waals surface area contributed by atoms with Crippen molar-refractivity contribution in [2.45, 2.75) is 39.3 Å². The van der Waals surface area contributed by atoms with Gasteiger partial charge in [-0.05, 0) is 47.0 Å². The molecule has 0 fully saturated rings. The number of aliphatic hydroxyl groups excluding tert-OH is 1. The number of hydrogen-bond acceptors (Lipinski definition) is 2. The second kappa shape index (κ2) is 7.14. The Morgan fingerprint density at radius 1 is 1.33 bits per heavy atom. The lowest BCUT2D eigenvalue weighted by Crippen LogP contribution is -2.09. The molecular weight excluding hydrogens is 375 g/mol. The van der Waals surface area contributed by atoms with E-state index in [0.29, 0.717) is 16.5 Å². The molecule has 1 heterocycles. The van der Waals surface area contributed by atoms with Crippen molar-refractivity contribution in [3.63, 3.8) is 0 Å². The second-order valence-electron chi connectivity index (χ2n) is 4.77. The smallest absolute Gasteiger partial charge is 0.0851 e. The topological polar surface area (TPSA) is 38.0 Å². The quantitative estimate of drug-likeness (QED) is 0.793. The fraction of sp³-hybridized carbons (Fsp3) is 0.400. The first-order chi connectivity index (χ1) is 9.97. The van der Waals surface area contributed by atoms with Gasteiger partial charge in [0.15, 0.2) is 0 Å². The van der Waals surface area contributed by atoms with E-state index in [9.17, 15) is 5.11 Å². The number of aryl methyl sites for hydroxylation is 2. The van der Waals surface area contributed by atoms with Crippen molar-refractivity contribution < 1.29 is 5.11 Å². The van der Waals surface area contributed by atoms with E-state index in [1.807, 2.05) is 30.7 Å². The molecule has 1 aromatic carbocycles. The molecule has 6 heteroatoms. The largest absolute Gasteiger partial charge is 0.388 e. The van der Waals surface area contributed by atoms with Crippen LogP contribution >= 0.6 is 39.1 Å². The van der Waals surface area contributed by atoms with E-state index < -0.39 is 6.10 Å². The lowest BCUT2D eigenvalue weighted by atomic mass is 10.0. The van der Waals surface area contributed by atoms with Gasteiger partial charge in [-0.25, -0.2) is 0 Å². The Labute approximate surface area is 143 Å². The van der Waals surface area contributed by atoms with Crippen LogP contribution in [0.25, 0.3) is 0 Å². The zero-order chi connectivity index (χ0) is 15.6. The van der Waals surface area contributed by atoms with Crippen molar-refractivity contribution in [3.8, 4) is 0 Å². The number of aliphatic hydroxyl groups is 1. The summed E-state index contributed by atoms with van der Waals surface area (Å²) in [5.74, 6) is 0. The van der Waals surface area contributed by atoms with Crippen molar-refractivity contribution in [1.82, 2.24) is 9.78 Å². The summed E-state index contributed by atoms with van der Waals surface area (Å²) in [4.78, 5) is 0. The first-order valence-corrected chi connectivity index (χ1v) is 8.39. The fourth-order valence-corrected chi connectivity index (χ4v) is 3.01. The van der Waals surface area contributed by atoms with Crippen molar-refractivity contribution in [3.05, 3.63) is 49.7 Å². The molecule has 0 aliphatic carbocycles. The monoisotopic (exact) mass is 390 g/mol. The van der Waals surface area contributed by atoms with Gasteiger partial charge in [-0.15, -0.1) is 0 Å². The van der Waals surface area contributed by atoms with Crippen LogP contribution < -0.4 is 0 Å². The van der Waals surface area contributed by atoms with Gasteiger partial charge in [0.2, 0.25) is 0 Å². The Morgan fingerprint density at radius 2 is 2.05 bits per heavy atom. The van der Waals surface area contributed by atoms with Crippen molar-refractivity contribution in [1.29, 1.82) is 0 Å². The Morgan fingerprint density at radius 3 is 2.62 bits per heavy atom. The van der Waals surface area contributed by atoms with Crippen molar-refractivity contribution >= 4 is 39.1 Å². The minimum atomic E-state index is -0.667. The highest BCUT2D eigenvalue weighted by Gasteiger charge is 2.19. The van der Waals surface area contributed by atoms with E-state index in [1.54, 1.807) is 6.07 Å². The third-order valence-electron chi connectivity index (χ3n) is 3.41. The van der Waals surface area contributed by atoms with E-state index in [4.69, 9.17) is 23.2 Å². The third kappa shape index (κ3) is 3.62. The molecule has 21 heavy (non-hydrogen) atoms. The van der Waals surface area contributed by atoms with E-state index in [2.05, 4.69) is 21.0 Å². The Balaban J connectivity index is 2.28. The van der Waals surface area contributed by atoms with Crippen molar-refractivity contribution in [2.24, 2.45) is 0 Å². The number of halogens is 3. The summed E-state index contributed by atoms with van der Waals surface area (Å²) in [6.07, 6.45) is 0.524. The van der Waals surface area contributed by atoms with Crippen LogP contribution in [0.15, 0.2) is 22.7 Å². The van der Waals surface area contributed by atoms with E-state index in [1.165, 1.54) is 0 Å². The molecule has 0 saturated carbocycles. The molecular formula is C15H17BrCl2N2O. The van der Waals surface area contributed by atoms with Crippen LogP contribution in [0.5, 0.6) is 0 Å². The van der Waals surface area contributed by atoms with Crippen LogP contribution in [0.1, 0.15) is 36.9 Å². The highest BCUT2D eigenvalue weighted by molar-refractivity contribution is 9.10. The number of rotatable bonds is 5. The Bertz CT molecular complexity index is 643. The van der Waals surface area contributed by atoms with Gasteiger partial charge >= 0.3 is 0 Å². The molecule has 2 rings (SSSR count).